The molecule has 1 aromatic heterocycles. The number of carbonyl (C=O) groups excluding carboxylic acids is 1. The fourth-order valence-corrected chi connectivity index (χ4v) is 1.78. The van der Waals surface area contributed by atoms with Crippen LogP contribution in [0.4, 0.5) is 5.69 Å². The molecule has 80 valence electrons. The van der Waals surface area contributed by atoms with Gasteiger partial charge in [0.05, 0.1) is 17.4 Å². The van der Waals surface area contributed by atoms with Gasteiger partial charge in [-0.25, -0.2) is 0 Å². The minimum Gasteiger partial charge on any atom is -0.310 e. The molecule has 0 N–H and O–H groups in total. The van der Waals surface area contributed by atoms with Gasteiger partial charge in [0.2, 0.25) is 5.91 Å². The molecule has 1 aromatic rings. The van der Waals surface area contributed by atoms with Gasteiger partial charge in [-0.05, 0) is 6.07 Å². The number of nitrogens with zero attached hydrogens (tertiary/aromatic N) is 3. The molecule has 1 saturated heterocycles. The molecule has 1 unspecified atom stereocenters. The van der Waals surface area contributed by atoms with Crippen LogP contribution in [0.1, 0.15) is 12.0 Å². The first-order chi connectivity index (χ1) is 7.74. The summed E-state index contributed by atoms with van der Waals surface area (Å²) in [6.45, 7) is 4.32. The van der Waals surface area contributed by atoms with E-state index in [1.54, 1.807) is 23.2 Å². The van der Waals surface area contributed by atoms with E-state index >= 15 is 0 Å². The summed E-state index contributed by atoms with van der Waals surface area (Å²) in [6, 6.07) is 3.69. The minimum atomic E-state index is 0.0572. The van der Waals surface area contributed by atoms with Crippen LogP contribution in [0.2, 0.25) is 0 Å². The number of carbonyl (C=O) groups is 1. The third-order valence-electron chi connectivity index (χ3n) is 2.65. The molecular formula is C12H11N3O. The van der Waals surface area contributed by atoms with Crippen molar-refractivity contribution in [3.05, 3.63) is 36.7 Å². The third kappa shape index (κ3) is 1.80. The second kappa shape index (κ2) is 4.15. The molecule has 0 aromatic carbocycles. The Morgan fingerprint density at radius 2 is 2.44 bits per heavy atom. The van der Waals surface area contributed by atoms with Gasteiger partial charge in [-0.2, -0.15) is 5.26 Å². The lowest BCUT2D eigenvalue weighted by Crippen LogP contribution is -2.24. The highest BCUT2D eigenvalue weighted by atomic mass is 16.2. The summed E-state index contributed by atoms with van der Waals surface area (Å²) < 4.78 is 0. The maximum atomic E-state index is 11.7. The molecule has 2 heterocycles. The molecule has 0 radical (unpaired) electrons. The van der Waals surface area contributed by atoms with Crippen molar-refractivity contribution in [3.63, 3.8) is 0 Å². The highest BCUT2D eigenvalue weighted by molar-refractivity contribution is 5.95. The van der Waals surface area contributed by atoms with Gasteiger partial charge in [0, 0.05) is 25.1 Å². The van der Waals surface area contributed by atoms with E-state index in [2.05, 4.69) is 11.6 Å². The molecule has 0 aliphatic carbocycles. The number of amides is 1. The fraction of sp³-hybridized carbons (Fsp3) is 0.250. The van der Waals surface area contributed by atoms with E-state index in [-0.39, 0.29) is 11.8 Å². The molecule has 1 amide bonds. The molecule has 1 aliphatic rings. The van der Waals surface area contributed by atoms with E-state index in [1.807, 2.05) is 6.07 Å². The summed E-state index contributed by atoms with van der Waals surface area (Å²) in [5.74, 6) is 0.250. The second-order valence-electron chi connectivity index (χ2n) is 3.75. The van der Waals surface area contributed by atoms with Crippen molar-refractivity contribution in [1.29, 1.82) is 5.26 Å². The zero-order chi connectivity index (χ0) is 11.5. The van der Waals surface area contributed by atoms with Gasteiger partial charge in [-0.3, -0.25) is 9.78 Å². The molecule has 0 bridgehead atoms. The van der Waals surface area contributed by atoms with Crippen molar-refractivity contribution in [2.45, 2.75) is 6.42 Å². The van der Waals surface area contributed by atoms with Crippen LogP contribution < -0.4 is 4.90 Å². The van der Waals surface area contributed by atoms with Crippen molar-refractivity contribution in [3.8, 4) is 6.07 Å². The quantitative estimate of drug-likeness (QED) is 0.699. The van der Waals surface area contributed by atoms with Gasteiger partial charge in [-0.1, -0.05) is 6.08 Å². The van der Waals surface area contributed by atoms with Gasteiger partial charge in [0.1, 0.15) is 6.07 Å². The lowest BCUT2D eigenvalue weighted by Gasteiger charge is -2.15. The molecule has 4 heteroatoms. The van der Waals surface area contributed by atoms with Crippen molar-refractivity contribution >= 4 is 11.6 Å². The number of nitriles is 1. The number of anilines is 1. The van der Waals surface area contributed by atoms with Crippen LogP contribution in [0.15, 0.2) is 31.1 Å². The summed E-state index contributed by atoms with van der Waals surface area (Å²) in [4.78, 5) is 17.3. The van der Waals surface area contributed by atoms with Crippen molar-refractivity contribution in [1.82, 2.24) is 4.98 Å². The Morgan fingerprint density at radius 3 is 3.06 bits per heavy atom. The molecule has 2 rings (SSSR count). The van der Waals surface area contributed by atoms with Crippen LogP contribution in [0.25, 0.3) is 0 Å². The molecule has 0 saturated carbocycles. The summed E-state index contributed by atoms with van der Waals surface area (Å²) in [6.07, 6.45) is 5.36. The molecule has 1 fully saturated rings. The minimum absolute atomic E-state index is 0.0572. The standard InChI is InChI=1S/C12H11N3O/c1-2-9-4-12(16)15(8-9)11-3-10(5-13)6-14-7-11/h2-3,6-7,9H,1,4,8H2. The van der Waals surface area contributed by atoms with Gasteiger partial charge >= 0.3 is 0 Å². The number of hydrogen-bond acceptors (Lipinski definition) is 3. The number of hydrogen-bond donors (Lipinski definition) is 0. The van der Waals surface area contributed by atoms with E-state index in [9.17, 15) is 4.79 Å². The van der Waals surface area contributed by atoms with Gasteiger partial charge in [-0.15, -0.1) is 6.58 Å². The average molecular weight is 213 g/mol. The summed E-state index contributed by atoms with van der Waals surface area (Å²) in [5, 5.41) is 8.76. The van der Waals surface area contributed by atoms with E-state index in [0.29, 0.717) is 24.2 Å². The van der Waals surface area contributed by atoms with E-state index in [1.165, 1.54) is 6.20 Å². The molecular weight excluding hydrogens is 202 g/mol. The fourth-order valence-electron chi connectivity index (χ4n) is 1.78. The molecule has 4 nitrogen and oxygen atoms in total. The zero-order valence-corrected chi connectivity index (χ0v) is 8.76. The van der Waals surface area contributed by atoms with Crippen LogP contribution in [0.3, 0.4) is 0 Å². The monoisotopic (exact) mass is 213 g/mol. The second-order valence-corrected chi connectivity index (χ2v) is 3.75. The lowest BCUT2D eigenvalue weighted by molar-refractivity contribution is -0.117. The summed E-state index contributed by atoms with van der Waals surface area (Å²) >= 11 is 0. The van der Waals surface area contributed by atoms with E-state index < -0.39 is 0 Å². The Labute approximate surface area is 93.8 Å². The first-order valence-electron chi connectivity index (χ1n) is 5.02. The maximum Gasteiger partial charge on any atom is 0.227 e. The third-order valence-corrected chi connectivity index (χ3v) is 2.65. The average Bonchev–Trinajstić information content (AvgIpc) is 2.71. The highest BCUT2D eigenvalue weighted by Crippen LogP contribution is 2.25. The largest absolute Gasteiger partial charge is 0.310 e. The smallest absolute Gasteiger partial charge is 0.227 e. The van der Waals surface area contributed by atoms with E-state index in [0.717, 1.165) is 0 Å². The van der Waals surface area contributed by atoms with Gasteiger partial charge in [0.25, 0.3) is 0 Å². The van der Waals surface area contributed by atoms with Gasteiger partial charge in [0.15, 0.2) is 0 Å². The Hall–Kier alpha value is -2.15. The lowest BCUT2D eigenvalue weighted by atomic mass is 10.1. The highest BCUT2D eigenvalue weighted by Gasteiger charge is 2.28. The number of rotatable bonds is 2. The van der Waals surface area contributed by atoms with Crippen molar-refractivity contribution < 1.29 is 4.79 Å². The van der Waals surface area contributed by atoms with Crippen LogP contribution in [-0.4, -0.2) is 17.4 Å². The molecule has 1 atom stereocenters. The van der Waals surface area contributed by atoms with Crippen LogP contribution >= 0.6 is 0 Å². The zero-order valence-electron chi connectivity index (χ0n) is 8.76. The molecule has 1 aliphatic heterocycles. The predicted molar refractivity (Wildman–Crippen MR) is 59.6 cm³/mol. The van der Waals surface area contributed by atoms with Crippen LogP contribution in [0, 0.1) is 17.2 Å². The van der Waals surface area contributed by atoms with E-state index in [4.69, 9.17) is 5.26 Å². The van der Waals surface area contributed by atoms with Crippen molar-refractivity contribution in [2.24, 2.45) is 5.92 Å². The SMILES string of the molecule is C=CC1CC(=O)N(c2cncc(C#N)c2)C1. The maximum absolute atomic E-state index is 11.7. The summed E-state index contributed by atoms with van der Waals surface area (Å²) in [5.41, 5.74) is 1.15. The Morgan fingerprint density at radius 1 is 1.62 bits per heavy atom. The van der Waals surface area contributed by atoms with Gasteiger partial charge < -0.3 is 4.90 Å². The first kappa shape index (κ1) is 10.4. The number of aromatic nitrogens is 1. The molecule has 0 spiro atoms. The normalized spacial score (nSPS) is 19.6. The first-order valence-corrected chi connectivity index (χ1v) is 5.02. The Bertz CT molecular complexity index is 475. The van der Waals surface area contributed by atoms with Crippen LogP contribution in [-0.2, 0) is 4.79 Å². The Balaban J connectivity index is 2.28. The number of pyridine rings is 1. The Kier molecular flexibility index (Phi) is 2.69. The van der Waals surface area contributed by atoms with Crippen molar-refractivity contribution in [2.75, 3.05) is 11.4 Å². The van der Waals surface area contributed by atoms with Crippen LogP contribution in [0.5, 0.6) is 0 Å². The predicted octanol–water partition coefficient (Wildman–Crippen LogP) is 1.49. The summed E-state index contributed by atoms with van der Waals surface area (Å²) in [7, 11) is 0. The topological polar surface area (TPSA) is 57.0 Å². The molecule has 16 heavy (non-hydrogen) atoms.